The largest absolute Gasteiger partial charge is 0.393 e. The molecule has 0 saturated heterocycles. The third-order valence-corrected chi connectivity index (χ3v) is 9.16. The average molecular weight is 603 g/mol. The van der Waals surface area contributed by atoms with E-state index in [4.69, 9.17) is 0 Å². The smallest absolute Gasteiger partial charge is 0.117 e. The van der Waals surface area contributed by atoms with Crippen LogP contribution in [0.2, 0.25) is 0 Å². The van der Waals surface area contributed by atoms with Crippen LogP contribution in [-0.4, -0.2) is 43.8 Å². The molecule has 0 spiro atoms. The molecule has 1 saturated carbocycles. The van der Waals surface area contributed by atoms with E-state index >= 15 is 0 Å². The summed E-state index contributed by atoms with van der Waals surface area (Å²) in [7, 11) is 0. The first-order valence-corrected chi connectivity index (χ1v) is 15.9. The Morgan fingerprint density at radius 1 is 0.682 bits per heavy atom. The predicted molar refractivity (Wildman–Crippen MR) is 187 cm³/mol. The minimum Gasteiger partial charge on any atom is -0.393 e. The van der Waals surface area contributed by atoms with Gasteiger partial charge >= 0.3 is 0 Å². The summed E-state index contributed by atoms with van der Waals surface area (Å²) >= 11 is 0. The van der Waals surface area contributed by atoms with Crippen LogP contribution in [0, 0.1) is 16.7 Å². The lowest BCUT2D eigenvalue weighted by Gasteiger charge is -2.54. The zero-order valence-corrected chi connectivity index (χ0v) is 28.8. The van der Waals surface area contributed by atoms with E-state index in [1.165, 1.54) is 11.1 Å². The summed E-state index contributed by atoms with van der Waals surface area (Å²) < 4.78 is 0. The summed E-state index contributed by atoms with van der Waals surface area (Å²) in [5.41, 5.74) is 2.13. The van der Waals surface area contributed by atoms with Crippen molar-refractivity contribution in [3.63, 3.8) is 0 Å². The van der Waals surface area contributed by atoms with Gasteiger partial charge in [-0.3, -0.25) is 0 Å². The van der Waals surface area contributed by atoms with Crippen LogP contribution in [-0.2, 0) is 0 Å². The quantitative estimate of drug-likeness (QED) is 0.149. The molecule has 0 aromatic carbocycles. The molecule has 2 rings (SSSR count). The molecule has 0 aromatic heterocycles. The minimum absolute atomic E-state index is 0.0406. The fourth-order valence-corrected chi connectivity index (χ4v) is 6.57. The van der Waals surface area contributed by atoms with Gasteiger partial charge in [0.25, 0.3) is 0 Å². The summed E-state index contributed by atoms with van der Waals surface area (Å²) in [6, 6.07) is 0. The van der Waals surface area contributed by atoms with E-state index in [0.717, 1.165) is 23.1 Å². The van der Waals surface area contributed by atoms with Crippen LogP contribution in [0.15, 0.2) is 119 Å². The van der Waals surface area contributed by atoms with Gasteiger partial charge in [0, 0.05) is 17.8 Å². The highest BCUT2D eigenvalue weighted by atomic mass is 16.4. The van der Waals surface area contributed by atoms with Crippen LogP contribution in [0.4, 0.5) is 0 Å². The van der Waals surface area contributed by atoms with Gasteiger partial charge in [-0.05, 0) is 65.9 Å². The van der Waals surface area contributed by atoms with E-state index in [1.807, 2.05) is 70.2 Å². The normalized spacial score (nSPS) is 32.6. The minimum atomic E-state index is -1.44. The molecule has 0 radical (unpaired) electrons. The number of rotatable bonds is 10. The molecule has 242 valence electrons. The van der Waals surface area contributed by atoms with Crippen molar-refractivity contribution >= 4 is 0 Å². The van der Waals surface area contributed by atoms with Crippen LogP contribution >= 0.6 is 0 Å². The number of hydrogen-bond acceptors (Lipinski definition) is 4. The summed E-state index contributed by atoms with van der Waals surface area (Å²) in [5, 5.41) is 42.5. The third kappa shape index (κ3) is 10.4. The summed E-state index contributed by atoms with van der Waals surface area (Å²) in [4.78, 5) is 0. The second kappa shape index (κ2) is 15.5. The van der Waals surface area contributed by atoms with Crippen LogP contribution in [0.1, 0.15) is 88.5 Å². The van der Waals surface area contributed by atoms with Gasteiger partial charge in [0.15, 0.2) is 0 Å². The third-order valence-electron chi connectivity index (χ3n) is 9.16. The molecule has 44 heavy (non-hydrogen) atoms. The lowest BCUT2D eigenvalue weighted by Crippen LogP contribution is -2.65. The molecular formula is C40H58O4. The lowest BCUT2D eigenvalue weighted by atomic mass is 9.57. The van der Waals surface area contributed by atoms with Gasteiger partial charge < -0.3 is 20.4 Å². The van der Waals surface area contributed by atoms with E-state index in [-0.39, 0.29) is 17.9 Å². The monoisotopic (exact) mass is 602 g/mol. The van der Waals surface area contributed by atoms with E-state index in [1.54, 1.807) is 13.0 Å². The summed E-state index contributed by atoms with van der Waals surface area (Å²) in [6.07, 6.45) is 30.7. The van der Waals surface area contributed by atoms with Crippen molar-refractivity contribution in [1.29, 1.82) is 0 Å². The highest BCUT2D eigenvalue weighted by Crippen LogP contribution is 2.50. The zero-order valence-electron chi connectivity index (χ0n) is 28.8. The molecule has 4 heteroatoms. The van der Waals surface area contributed by atoms with Gasteiger partial charge in [-0.15, -0.1) is 0 Å². The van der Waals surface area contributed by atoms with Crippen LogP contribution in [0.3, 0.4) is 0 Å². The van der Waals surface area contributed by atoms with Gasteiger partial charge in [0.1, 0.15) is 5.60 Å². The standard InChI is InChI=1S/C40H58O4/c1-29(17-13-19-31(3)21-22-36-33(5)25-34(41)26-37(36,6)7)15-11-12-16-30(2)18-14-20-32(4)23-24-40(44)38(8,9)27-35(42)28-39(40,10)43/h11-25,34-36,41-44H,26-28H2,1-10H3/b12-11+,17-13+,18-14+,22-21+,24-23+,29-15+,30-16+,31-19+,32-20+/t34-,35+,36+,39+,40-/m1/s1. The Labute approximate surface area is 267 Å². The maximum Gasteiger partial charge on any atom is 0.117 e. The van der Waals surface area contributed by atoms with Gasteiger partial charge in [-0.25, -0.2) is 0 Å². The molecule has 5 atom stereocenters. The van der Waals surface area contributed by atoms with Crippen LogP contribution in [0.25, 0.3) is 0 Å². The highest BCUT2D eigenvalue weighted by Gasteiger charge is 2.58. The van der Waals surface area contributed by atoms with Gasteiger partial charge in [0.2, 0.25) is 0 Å². The van der Waals surface area contributed by atoms with E-state index in [0.29, 0.717) is 12.3 Å². The van der Waals surface area contributed by atoms with Crippen molar-refractivity contribution in [3.8, 4) is 0 Å². The maximum absolute atomic E-state index is 11.4. The molecule has 4 N–H and O–H groups in total. The molecule has 0 amide bonds. The first-order chi connectivity index (χ1) is 20.3. The average Bonchev–Trinajstić information content (AvgIpc) is 2.87. The topological polar surface area (TPSA) is 80.9 Å². The van der Waals surface area contributed by atoms with E-state index < -0.39 is 22.7 Å². The van der Waals surface area contributed by atoms with Crippen molar-refractivity contribution in [2.45, 2.75) is 112 Å². The molecule has 0 heterocycles. The van der Waals surface area contributed by atoms with Gasteiger partial charge in [0.05, 0.1) is 17.8 Å². The zero-order chi connectivity index (χ0) is 33.3. The molecule has 0 unspecified atom stereocenters. The van der Waals surface area contributed by atoms with Crippen molar-refractivity contribution in [2.24, 2.45) is 16.7 Å². The molecule has 1 fully saturated rings. The molecule has 2 aliphatic rings. The SMILES string of the molecule is CC1=C[C@@H](O)CC(C)(C)[C@H]1/C=C/C(C)=C/C=C/C(C)=C/C=C/C=C(C)/C=C/C=C(C)/C=C/[C@@]1(O)C(C)(C)C[C@H](O)C[C@]1(C)O. The Hall–Kier alpha value is -2.76. The molecule has 4 nitrogen and oxygen atoms in total. The second-order valence-corrected chi connectivity index (χ2v) is 14.6. The highest BCUT2D eigenvalue weighted by molar-refractivity contribution is 5.33. The van der Waals surface area contributed by atoms with Gasteiger partial charge in [-0.1, -0.05) is 141 Å². The first-order valence-electron chi connectivity index (χ1n) is 15.9. The van der Waals surface area contributed by atoms with Crippen LogP contribution < -0.4 is 0 Å². The Bertz CT molecular complexity index is 1280. The molecule has 2 aliphatic carbocycles. The molecular weight excluding hydrogens is 544 g/mol. The van der Waals surface area contributed by atoms with Crippen molar-refractivity contribution in [1.82, 2.24) is 0 Å². The summed E-state index contributed by atoms with van der Waals surface area (Å²) in [5.74, 6) is 0.330. The van der Waals surface area contributed by atoms with Crippen molar-refractivity contribution in [2.75, 3.05) is 0 Å². The number of aliphatic hydroxyl groups is 4. The Morgan fingerprint density at radius 2 is 1.16 bits per heavy atom. The first kappa shape index (κ1) is 37.4. The number of allylic oxidation sites excluding steroid dienone is 18. The van der Waals surface area contributed by atoms with Crippen molar-refractivity contribution in [3.05, 3.63) is 119 Å². The molecule has 0 bridgehead atoms. The van der Waals surface area contributed by atoms with Crippen LogP contribution in [0.5, 0.6) is 0 Å². The fourth-order valence-electron chi connectivity index (χ4n) is 6.57. The number of aliphatic hydroxyl groups excluding tert-OH is 2. The molecule has 0 aliphatic heterocycles. The fraction of sp³-hybridized carbons (Fsp3) is 0.500. The Kier molecular flexibility index (Phi) is 13.2. The Balaban J connectivity index is 1.93. The van der Waals surface area contributed by atoms with Gasteiger partial charge in [-0.2, -0.15) is 0 Å². The lowest BCUT2D eigenvalue weighted by molar-refractivity contribution is -0.216. The predicted octanol–water partition coefficient (Wildman–Crippen LogP) is 8.57. The Morgan fingerprint density at radius 3 is 1.66 bits per heavy atom. The number of hydrogen-bond donors (Lipinski definition) is 4. The summed E-state index contributed by atoms with van der Waals surface area (Å²) in [6.45, 7) is 20.1. The molecule has 0 aromatic rings. The second-order valence-electron chi connectivity index (χ2n) is 14.6. The maximum atomic E-state index is 11.4. The van der Waals surface area contributed by atoms with Crippen molar-refractivity contribution < 1.29 is 20.4 Å². The van der Waals surface area contributed by atoms with E-state index in [2.05, 4.69) is 77.2 Å². The van der Waals surface area contributed by atoms with E-state index in [9.17, 15) is 20.4 Å².